The van der Waals surface area contributed by atoms with Crippen LogP contribution < -0.4 is 14.8 Å². The van der Waals surface area contributed by atoms with Crippen molar-refractivity contribution >= 4 is 35.4 Å². The molecule has 0 aliphatic carbocycles. The molecule has 0 heterocycles. The van der Waals surface area contributed by atoms with Crippen LogP contribution in [0, 0.1) is 0 Å². The van der Waals surface area contributed by atoms with Crippen molar-refractivity contribution in [3.8, 4) is 11.5 Å². The Balaban J connectivity index is 1.89. The first kappa shape index (κ1) is 21.4. The van der Waals surface area contributed by atoms with E-state index in [4.69, 9.17) is 14.2 Å². The predicted molar refractivity (Wildman–Crippen MR) is 111 cm³/mol. The molecule has 0 saturated carbocycles. The maximum absolute atomic E-state index is 12.0. The fourth-order valence-corrected chi connectivity index (χ4v) is 2.90. The van der Waals surface area contributed by atoms with E-state index in [1.54, 1.807) is 37.5 Å². The summed E-state index contributed by atoms with van der Waals surface area (Å²) < 4.78 is 15.7. The van der Waals surface area contributed by atoms with Crippen molar-refractivity contribution < 1.29 is 23.8 Å². The molecule has 6 nitrogen and oxygen atoms in total. The van der Waals surface area contributed by atoms with Crippen LogP contribution in [0.15, 0.2) is 53.4 Å². The largest absolute Gasteiger partial charge is 0.493 e. The van der Waals surface area contributed by atoms with Crippen molar-refractivity contribution in [3.05, 3.63) is 54.1 Å². The molecule has 0 spiro atoms. The number of nitrogens with one attached hydrogen (secondary N) is 1. The van der Waals surface area contributed by atoms with Gasteiger partial charge in [-0.1, -0.05) is 18.2 Å². The third-order valence-electron chi connectivity index (χ3n) is 3.63. The number of benzene rings is 2. The van der Waals surface area contributed by atoms with Gasteiger partial charge in [-0.3, -0.25) is 4.79 Å². The summed E-state index contributed by atoms with van der Waals surface area (Å²) in [6.07, 6.45) is 4.78. The van der Waals surface area contributed by atoms with E-state index in [0.29, 0.717) is 23.8 Å². The van der Waals surface area contributed by atoms with E-state index in [0.717, 1.165) is 10.5 Å². The Morgan fingerprint density at radius 1 is 1.14 bits per heavy atom. The van der Waals surface area contributed by atoms with Crippen LogP contribution in [-0.2, 0) is 14.3 Å². The van der Waals surface area contributed by atoms with Gasteiger partial charge in [0, 0.05) is 11.0 Å². The Morgan fingerprint density at radius 3 is 2.64 bits per heavy atom. The van der Waals surface area contributed by atoms with Gasteiger partial charge in [0.2, 0.25) is 0 Å². The third kappa shape index (κ3) is 6.35. The summed E-state index contributed by atoms with van der Waals surface area (Å²) in [5.74, 6) is 0.199. The zero-order valence-electron chi connectivity index (χ0n) is 16.1. The van der Waals surface area contributed by atoms with Crippen LogP contribution in [0.5, 0.6) is 11.5 Å². The van der Waals surface area contributed by atoms with E-state index in [9.17, 15) is 9.59 Å². The van der Waals surface area contributed by atoms with Gasteiger partial charge in [-0.15, -0.1) is 11.8 Å². The number of hydrogen-bond acceptors (Lipinski definition) is 6. The third-order valence-corrected chi connectivity index (χ3v) is 4.42. The van der Waals surface area contributed by atoms with E-state index in [-0.39, 0.29) is 6.61 Å². The monoisotopic (exact) mass is 401 g/mol. The van der Waals surface area contributed by atoms with E-state index >= 15 is 0 Å². The average molecular weight is 401 g/mol. The highest BCUT2D eigenvalue weighted by atomic mass is 32.2. The fourth-order valence-electron chi connectivity index (χ4n) is 2.35. The quantitative estimate of drug-likeness (QED) is 0.389. The van der Waals surface area contributed by atoms with E-state index in [1.807, 2.05) is 31.4 Å². The van der Waals surface area contributed by atoms with Crippen LogP contribution in [0.25, 0.3) is 6.08 Å². The lowest BCUT2D eigenvalue weighted by molar-refractivity contribution is -0.142. The fraction of sp³-hybridized carbons (Fsp3) is 0.238. The molecule has 28 heavy (non-hydrogen) atoms. The maximum atomic E-state index is 12.0. The molecule has 148 valence electrons. The predicted octanol–water partition coefficient (Wildman–Crippen LogP) is 4.01. The Kier molecular flexibility index (Phi) is 8.42. The zero-order chi connectivity index (χ0) is 20.4. The molecule has 2 aromatic carbocycles. The van der Waals surface area contributed by atoms with Crippen LogP contribution >= 0.6 is 11.8 Å². The van der Waals surface area contributed by atoms with Crippen molar-refractivity contribution in [1.29, 1.82) is 0 Å². The number of amides is 1. The first-order valence-electron chi connectivity index (χ1n) is 8.66. The number of carbonyl (C=O) groups excluding carboxylic acids is 2. The Morgan fingerprint density at radius 2 is 1.93 bits per heavy atom. The number of thioether (sulfide) groups is 1. The van der Waals surface area contributed by atoms with Gasteiger partial charge >= 0.3 is 5.97 Å². The van der Waals surface area contributed by atoms with Gasteiger partial charge in [0.25, 0.3) is 5.91 Å². The molecular formula is C21H23NO5S. The molecule has 0 radical (unpaired) electrons. The van der Waals surface area contributed by atoms with Crippen LogP contribution in [-0.4, -0.2) is 38.5 Å². The first-order valence-corrected chi connectivity index (χ1v) is 9.88. The summed E-state index contributed by atoms with van der Waals surface area (Å²) in [5.41, 5.74) is 1.44. The van der Waals surface area contributed by atoms with E-state index < -0.39 is 11.9 Å². The number of rotatable bonds is 9. The highest BCUT2D eigenvalue weighted by Crippen LogP contribution is 2.28. The SMILES string of the molecule is CCOc1cc(/C=C/C(=O)OCC(=O)Nc2ccccc2SC)ccc1OC. The summed E-state index contributed by atoms with van der Waals surface area (Å²) in [7, 11) is 1.56. The Labute approximate surface area is 168 Å². The summed E-state index contributed by atoms with van der Waals surface area (Å²) in [6.45, 7) is 2.01. The molecule has 1 amide bonds. The maximum Gasteiger partial charge on any atom is 0.331 e. The number of methoxy groups -OCH3 is 1. The number of carbonyl (C=O) groups is 2. The highest BCUT2D eigenvalue weighted by Gasteiger charge is 2.09. The summed E-state index contributed by atoms with van der Waals surface area (Å²) in [4.78, 5) is 24.8. The molecular weight excluding hydrogens is 378 g/mol. The summed E-state index contributed by atoms with van der Waals surface area (Å²) >= 11 is 1.52. The zero-order valence-corrected chi connectivity index (χ0v) is 16.9. The lowest BCUT2D eigenvalue weighted by atomic mass is 10.2. The van der Waals surface area contributed by atoms with Crippen LogP contribution in [0.3, 0.4) is 0 Å². The number of ether oxygens (including phenoxy) is 3. The molecule has 0 bridgehead atoms. The Bertz CT molecular complexity index is 850. The van der Waals surface area contributed by atoms with Crippen molar-refractivity contribution in [2.24, 2.45) is 0 Å². The minimum atomic E-state index is -0.609. The molecule has 1 N–H and O–H groups in total. The van der Waals surface area contributed by atoms with E-state index in [2.05, 4.69) is 5.32 Å². The van der Waals surface area contributed by atoms with E-state index in [1.165, 1.54) is 17.8 Å². The number of esters is 1. The molecule has 7 heteroatoms. The van der Waals surface area contributed by atoms with Crippen LogP contribution in [0.4, 0.5) is 5.69 Å². The van der Waals surface area contributed by atoms with Gasteiger partial charge < -0.3 is 19.5 Å². The summed E-state index contributed by atoms with van der Waals surface area (Å²) in [6, 6.07) is 12.7. The van der Waals surface area contributed by atoms with Crippen LogP contribution in [0.2, 0.25) is 0 Å². The minimum absolute atomic E-state index is 0.362. The second-order valence-electron chi connectivity index (χ2n) is 5.53. The van der Waals surface area contributed by atoms with Gasteiger partial charge in [-0.05, 0) is 49.1 Å². The standard InChI is InChI=1S/C21H23NO5S/c1-4-26-18-13-15(9-11-17(18)25-2)10-12-21(24)27-14-20(23)22-16-7-5-6-8-19(16)28-3/h5-13H,4,14H2,1-3H3,(H,22,23)/b12-10+. The molecule has 0 saturated heterocycles. The average Bonchev–Trinajstić information content (AvgIpc) is 2.71. The van der Waals surface area contributed by atoms with Crippen molar-refractivity contribution in [3.63, 3.8) is 0 Å². The Hall–Kier alpha value is -2.93. The highest BCUT2D eigenvalue weighted by molar-refractivity contribution is 7.98. The molecule has 0 unspecified atom stereocenters. The molecule has 2 aromatic rings. The number of hydrogen-bond donors (Lipinski definition) is 1. The van der Waals surface area contributed by atoms with Crippen molar-refractivity contribution in [1.82, 2.24) is 0 Å². The van der Waals surface area contributed by atoms with Gasteiger partial charge in [0.05, 0.1) is 19.4 Å². The number of anilines is 1. The van der Waals surface area contributed by atoms with Gasteiger partial charge in [-0.2, -0.15) is 0 Å². The topological polar surface area (TPSA) is 73.9 Å². The lowest BCUT2D eigenvalue weighted by Crippen LogP contribution is -2.20. The normalized spacial score (nSPS) is 10.5. The minimum Gasteiger partial charge on any atom is -0.493 e. The first-order chi connectivity index (χ1) is 13.6. The van der Waals surface area contributed by atoms with Crippen LogP contribution in [0.1, 0.15) is 12.5 Å². The van der Waals surface area contributed by atoms with Crippen molar-refractivity contribution in [2.75, 3.05) is 31.9 Å². The molecule has 0 fully saturated rings. The molecule has 0 aliphatic heterocycles. The second-order valence-corrected chi connectivity index (χ2v) is 6.38. The number of para-hydroxylation sites is 1. The lowest BCUT2D eigenvalue weighted by Gasteiger charge is -2.10. The molecule has 2 rings (SSSR count). The molecule has 0 aromatic heterocycles. The van der Waals surface area contributed by atoms with Crippen molar-refractivity contribution in [2.45, 2.75) is 11.8 Å². The molecule has 0 aliphatic rings. The second kappa shape index (κ2) is 11.0. The molecule has 0 atom stereocenters. The van der Waals surface area contributed by atoms with Gasteiger partial charge in [0.15, 0.2) is 18.1 Å². The van der Waals surface area contributed by atoms with Gasteiger partial charge in [-0.25, -0.2) is 4.79 Å². The summed E-state index contributed by atoms with van der Waals surface area (Å²) in [5, 5.41) is 2.73. The van der Waals surface area contributed by atoms with Gasteiger partial charge in [0.1, 0.15) is 0 Å². The smallest absolute Gasteiger partial charge is 0.331 e.